The van der Waals surface area contributed by atoms with Crippen LogP contribution in [0.1, 0.15) is 36.7 Å². The van der Waals surface area contributed by atoms with Gasteiger partial charge >= 0.3 is 12.1 Å². The summed E-state index contributed by atoms with van der Waals surface area (Å²) < 4.78 is 55.1. The number of rotatable bonds is 5. The maximum Gasteiger partial charge on any atom is 0.416 e. The Balaban J connectivity index is 2.15. The SMILES string of the molecule is CCOC(=O)c1c(-c2ccc(C(F)(F)F)cc2)oc2ccc(OC(C)C)cc12. The van der Waals surface area contributed by atoms with Gasteiger partial charge in [-0.2, -0.15) is 13.2 Å². The number of ether oxygens (including phenoxy) is 2. The van der Waals surface area contributed by atoms with E-state index in [1.165, 1.54) is 12.1 Å². The molecule has 0 aliphatic rings. The van der Waals surface area contributed by atoms with Gasteiger partial charge in [0.1, 0.15) is 22.7 Å². The lowest BCUT2D eigenvalue weighted by Gasteiger charge is -2.09. The minimum atomic E-state index is -4.44. The molecule has 0 unspecified atom stereocenters. The van der Waals surface area contributed by atoms with Crippen LogP contribution < -0.4 is 4.74 Å². The van der Waals surface area contributed by atoms with E-state index in [2.05, 4.69) is 0 Å². The lowest BCUT2D eigenvalue weighted by molar-refractivity contribution is -0.137. The third-order valence-corrected chi connectivity index (χ3v) is 3.99. The molecule has 0 aliphatic carbocycles. The van der Waals surface area contributed by atoms with Crippen LogP contribution in [0.3, 0.4) is 0 Å². The van der Waals surface area contributed by atoms with Crippen LogP contribution in [0.25, 0.3) is 22.3 Å². The number of carbonyl (C=O) groups is 1. The summed E-state index contributed by atoms with van der Waals surface area (Å²) in [5.74, 6) is 0.0922. The summed E-state index contributed by atoms with van der Waals surface area (Å²) in [6.07, 6.45) is -4.51. The number of furan rings is 1. The molecular formula is C21H19F3O4. The van der Waals surface area contributed by atoms with Crippen LogP contribution in [0, 0.1) is 0 Å². The van der Waals surface area contributed by atoms with Crippen molar-refractivity contribution in [3.05, 3.63) is 53.6 Å². The molecule has 4 nitrogen and oxygen atoms in total. The van der Waals surface area contributed by atoms with E-state index in [-0.39, 0.29) is 24.0 Å². The first kappa shape index (κ1) is 19.8. The maximum absolute atomic E-state index is 12.8. The molecule has 0 aliphatic heterocycles. The zero-order valence-corrected chi connectivity index (χ0v) is 15.6. The molecule has 7 heteroatoms. The number of alkyl halides is 3. The van der Waals surface area contributed by atoms with Crippen LogP contribution >= 0.6 is 0 Å². The monoisotopic (exact) mass is 392 g/mol. The molecule has 0 radical (unpaired) electrons. The highest BCUT2D eigenvalue weighted by Crippen LogP contribution is 2.37. The van der Waals surface area contributed by atoms with Gasteiger partial charge in [-0.15, -0.1) is 0 Å². The molecule has 0 atom stereocenters. The largest absolute Gasteiger partial charge is 0.491 e. The number of halogens is 3. The fourth-order valence-electron chi connectivity index (χ4n) is 2.84. The molecule has 1 aromatic heterocycles. The summed E-state index contributed by atoms with van der Waals surface area (Å²) in [5.41, 5.74) is 0.135. The van der Waals surface area contributed by atoms with Crippen LogP contribution in [0.2, 0.25) is 0 Å². The maximum atomic E-state index is 12.8. The van der Waals surface area contributed by atoms with Gasteiger partial charge in [-0.1, -0.05) is 12.1 Å². The second-order valence-corrected chi connectivity index (χ2v) is 6.43. The van der Waals surface area contributed by atoms with Crippen LogP contribution in [0.4, 0.5) is 13.2 Å². The number of hydrogen-bond donors (Lipinski definition) is 0. The summed E-state index contributed by atoms with van der Waals surface area (Å²) in [7, 11) is 0. The molecule has 0 saturated heterocycles. The Bertz CT molecular complexity index is 985. The van der Waals surface area contributed by atoms with Crippen molar-refractivity contribution in [2.24, 2.45) is 0 Å². The molecule has 0 saturated carbocycles. The summed E-state index contributed by atoms with van der Waals surface area (Å²) in [6, 6.07) is 9.47. The van der Waals surface area contributed by atoms with E-state index in [1.54, 1.807) is 25.1 Å². The second kappa shape index (κ2) is 7.58. The van der Waals surface area contributed by atoms with Crippen LogP contribution in [0.5, 0.6) is 5.75 Å². The van der Waals surface area contributed by atoms with Crippen LogP contribution in [-0.4, -0.2) is 18.7 Å². The van der Waals surface area contributed by atoms with Gasteiger partial charge in [0, 0.05) is 10.9 Å². The molecule has 0 fully saturated rings. The summed E-state index contributed by atoms with van der Waals surface area (Å²) >= 11 is 0. The Kier molecular flexibility index (Phi) is 5.36. The first-order chi connectivity index (χ1) is 13.2. The average molecular weight is 392 g/mol. The molecule has 2 aromatic carbocycles. The van der Waals surface area contributed by atoms with Crippen LogP contribution in [-0.2, 0) is 10.9 Å². The second-order valence-electron chi connectivity index (χ2n) is 6.43. The van der Waals surface area contributed by atoms with Gasteiger partial charge in [-0.3, -0.25) is 0 Å². The molecule has 0 N–H and O–H groups in total. The highest BCUT2D eigenvalue weighted by Gasteiger charge is 2.31. The quantitative estimate of drug-likeness (QED) is 0.494. The lowest BCUT2D eigenvalue weighted by Crippen LogP contribution is -2.07. The standard InChI is InChI=1S/C21H19F3O4/c1-4-26-20(25)18-16-11-15(27-12(2)3)9-10-17(16)28-19(18)13-5-7-14(8-6-13)21(22,23)24/h5-12H,4H2,1-3H3. The van der Waals surface area contributed by atoms with E-state index < -0.39 is 17.7 Å². The molecule has 0 amide bonds. The Hall–Kier alpha value is -2.96. The normalized spacial score (nSPS) is 11.8. The molecule has 3 aromatic rings. The molecule has 148 valence electrons. The van der Waals surface area contributed by atoms with E-state index in [9.17, 15) is 18.0 Å². The fourth-order valence-corrected chi connectivity index (χ4v) is 2.84. The molecule has 1 heterocycles. The van der Waals surface area contributed by atoms with E-state index in [0.29, 0.717) is 22.3 Å². The van der Waals surface area contributed by atoms with Crippen molar-refractivity contribution in [2.75, 3.05) is 6.61 Å². The highest BCUT2D eigenvalue weighted by atomic mass is 19.4. The number of hydrogen-bond acceptors (Lipinski definition) is 4. The average Bonchev–Trinajstić information content (AvgIpc) is 2.99. The van der Waals surface area contributed by atoms with Gasteiger partial charge in [0.05, 0.1) is 18.3 Å². The minimum absolute atomic E-state index is 0.0650. The fraction of sp³-hybridized carbons (Fsp3) is 0.286. The van der Waals surface area contributed by atoms with E-state index in [1.807, 2.05) is 13.8 Å². The lowest BCUT2D eigenvalue weighted by atomic mass is 10.0. The molecular weight excluding hydrogens is 373 g/mol. The number of esters is 1. The third kappa shape index (κ3) is 3.98. The topological polar surface area (TPSA) is 48.7 Å². The van der Waals surface area contributed by atoms with Crippen molar-refractivity contribution < 1.29 is 31.9 Å². The third-order valence-electron chi connectivity index (χ3n) is 3.99. The van der Waals surface area contributed by atoms with Crippen molar-refractivity contribution in [1.29, 1.82) is 0 Å². The number of benzene rings is 2. The summed E-state index contributed by atoms with van der Waals surface area (Å²) in [4.78, 5) is 12.6. The zero-order valence-electron chi connectivity index (χ0n) is 15.6. The van der Waals surface area contributed by atoms with Crippen molar-refractivity contribution in [1.82, 2.24) is 0 Å². The summed E-state index contributed by atoms with van der Waals surface area (Å²) in [5, 5.41) is 0.478. The van der Waals surface area contributed by atoms with Crippen molar-refractivity contribution in [3.63, 3.8) is 0 Å². The molecule has 0 bridgehead atoms. The predicted octanol–water partition coefficient (Wildman–Crippen LogP) is 6.08. The van der Waals surface area contributed by atoms with Crippen LogP contribution in [0.15, 0.2) is 46.9 Å². The van der Waals surface area contributed by atoms with Crippen molar-refractivity contribution in [2.45, 2.75) is 33.1 Å². The Labute approximate surface area is 159 Å². The van der Waals surface area contributed by atoms with Gasteiger partial charge in [0.25, 0.3) is 0 Å². The zero-order chi connectivity index (χ0) is 20.5. The first-order valence-electron chi connectivity index (χ1n) is 8.78. The van der Waals surface area contributed by atoms with E-state index >= 15 is 0 Å². The van der Waals surface area contributed by atoms with Crippen molar-refractivity contribution >= 4 is 16.9 Å². The van der Waals surface area contributed by atoms with Crippen molar-refractivity contribution in [3.8, 4) is 17.1 Å². The predicted molar refractivity (Wildman–Crippen MR) is 98.4 cm³/mol. The van der Waals surface area contributed by atoms with Gasteiger partial charge in [0.2, 0.25) is 0 Å². The molecule has 3 rings (SSSR count). The molecule has 0 spiro atoms. The van der Waals surface area contributed by atoms with E-state index in [0.717, 1.165) is 12.1 Å². The minimum Gasteiger partial charge on any atom is -0.491 e. The Morgan fingerprint density at radius 1 is 1.11 bits per heavy atom. The van der Waals surface area contributed by atoms with Gasteiger partial charge in [0.15, 0.2) is 0 Å². The van der Waals surface area contributed by atoms with Gasteiger partial charge in [-0.05, 0) is 51.1 Å². The number of carbonyl (C=O) groups excluding carboxylic acids is 1. The smallest absolute Gasteiger partial charge is 0.416 e. The van der Waals surface area contributed by atoms with E-state index in [4.69, 9.17) is 13.9 Å². The van der Waals surface area contributed by atoms with Gasteiger partial charge < -0.3 is 13.9 Å². The number of fused-ring (bicyclic) bond motifs is 1. The van der Waals surface area contributed by atoms with Gasteiger partial charge in [-0.25, -0.2) is 4.79 Å². The highest BCUT2D eigenvalue weighted by molar-refractivity contribution is 6.09. The molecule has 28 heavy (non-hydrogen) atoms. The Morgan fingerprint density at radius 3 is 2.36 bits per heavy atom. The first-order valence-corrected chi connectivity index (χ1v) is 8.78. The summed E-state index contributed by atoms with van der Waals surface area (Å²) in [6.45, 7) is 5.57. The Morgan fingerprint density at radius 2 is 1.79 bits per heavy atom.